The molecule has 0 aromatic carbocycles. The lowest BCUT2D eigenvalue weighted by Crippen LogP contribution is -2.63. The Kier molecular flexibility index (Phi) is 39.3. The topological polar surface area (TPSA) is 630 Å². The Morgan fingerprint density at radius 1 is 0.351 bits per heavy atom. The summed E-state index contributed by atoms with van der Waals surface area (Å²) >= 11 is 0. The monoisotopic (exact) mass is 1390 g/mol. The van der Waals surface area contributed by atoms with E-state index >= 15 is 0 Å². The number of aliphatic hydroxyl groups excluding tert-OH is 6. The zero-order chi connectivity index (χ0) is 75.0. The van der Waals surface area contributed by atoms with Gasteiger partial charge in [0.1, 0.15) is 84.6 Å². The SMILES string of the molecule is CC[C@H](C)[C@H](NC(=O)[C@@H](NC(=O)[C@H](C)NC(=O)[C@@H](NC(=O)[C@H](CO)NC(=O)[C@H](CO)NC(=O)[C@H](CO)NC(=O)[C@H](C)NC(=O)[C@@H](NC(=O)[C@@H](NC(C)=O)[C@@H](C)O)C(C)C)[C@@H](C)O)C(C)C)C(=O)N[C@H](C(=O)N[C@@H](CO)C(=O)N[C@@H](C)C(=O)N[C@@H](CCCN=C(N)N)C(=O)O)C(C)C. The van der Waals surface area contributed by atoms with Crippen LogP contribution in [0.1, 0.15) is 116 Å². The van der Waals surface area contributed by atoms with Crippen LogP contribution in [0.3, 0.4) is 0 Å². The van der Waals surface area contributed by atoms with Crippen molar-refractivity contribution in [3.63, 3.8) is 0 Å². The van der Waals surface area contributed by atoms with Crippen LogP contribution in [0.2, 0.25) is 0 Å². The summed E-state index contributed by atoms with van der Waals surface area (Å²) in [6, 6.07) is -22.1. The van der Waals surface area contributed by atoms with Crippen LogP contribution in [0.4, 0.5) is 0 Å². The molecule has 0 aliphatic heterocycles. The summed E-state index contributed by atoms with van der Waals surface area (Å²) in [4.78, 5) is 201. The third kappa shape index (κ3) is 30.4. The number of nitrogens with two attached hydrogens (primary N) is 2. The summed E-state index contributed by atoms with van der Waals surface area (Å²) in [7, 11) is 0. The Balaban J connectivity index is 6.05. The first-order chi connectivity index (χ1) is 45.0. The largest absolute Gasteiger partial charge is 0.480 e. The van der Waals surface area contributed by atoms with Crippen molar-refractivity contribution in [2.45, 2.75) is 213 Å². The number of aliphatic imine (C=N–C) groups is 1. The zero-order valence-electron chi connectivity index (χ0n) is 57.1. The highest BCUT2D eigenvalue weighted by atomic mass is 16.4. The van der Waals surface area contributed by atoms with Crippen LogP contribution < -0.4 is 85.9 Å². The maximum atomic E-state index is 14.0. The number of hydrogen-bond donors (Lipinski definition) is 23. The normalized spacial score (nSPS) is 16.5. The van der Waals surface area contributed by atoms with Gasteiger partial charge in [-0.15, -0.1) is 0 Å². The van der Waals surface area contributed by atoms with Gasteiger partial charge in [-0.05, 0) is 71.1 Å². The summed E-state index contributed by atoms with van der Waals surface area (Å²) < 4.78 is 0. The molecule has 0 aliphatic carbocycles. The molecule has 25 N–H and O–H groups in total. The van der Waals surface area contributed by atoms with Crippen LogP contribution in [-0.4, -0.2) is 260 Å². The second-order valence-corrected chi connectivity index (χ2v) is 24.2. The second kappa shape index (κ2) is 43.3. The molecule has 0 aromatic rings. The molecule has 97 heavy (non-hydrogen) atoms. The molecule has 39 nitrogen and oxygen atoms in total. The molecule has 0 bridgehead atoms. The van der Waals surface area contributed by atoms with E-state index < -0.39 is 236 Å². The van der Waals surface area contributed by atoms with Crippen LogP contribution >= 0.6 is 0 Å². The number of carboxylic acid groups (broad SMARTS) is 1. The van der Waals surface area contributed by atoms with E-state index in [1.54, 1.807) is 41.5 Å². The van der Waals surface area contributed by atoms with Crippen LogP contribution in [0.5, 0.6) is 0 Å². The third-order valence-corrected chi connectivity index (χ3v) is 14.8. The highest BCUT2D eigenvalue weighted by molar-refractivity contribution is 6.00. The number of guanidine groups is 1. The number of nitrogens with zero attached hydrogens (tertiary/aromatic N) is 1. The maximum absolute atomic E-state index is 14.0. The Bertz CT molecular complexity index is 2750. The van der Waals surface area contributed by atoms with Crippen LogP contribution in [0.15, 0.2) is 4.99 Å². The molecule has 0 aromatic heterocycles. The number of carboxylic acids is 1. The summed E-state index contributed by atoms with van der Waals surface area (Å²) in [5.41, 5.74) is 10.6. The van der Waals surface area contributed by atoms with Gasteiger partial charge in [0.15, 0.2) is 5.96 Å². The van der Waals surface area contributed by atoms with Crippen molar-refractivity contribution < 1.29 is 108 Å². The molecule has 0 fully saturated rings. The van der Waals surface area contributed by atoms with Crippen molar-refractivity contribution in [2.75, 3.05) is 33.0 Å². The fraction of sp³-hybridized carbons (Fsp3) is 0.724. The molecule has 0 saturated heterocycles. The fourth-order valence-corrected chi connectivity index (χ4v) is 8.65. The molecule has 17 atom stereocenters. The van der Waals surface area contributed by atoms with Crippen LogP contribution in [0.25, 0.3) is 0 Å². The molecule has 0 saturated carbocycles. The predicted octanol–water partition coefficient (Wildman–Crippen LogP) is -10.3. The van der Waals surface area contributed by atoms with Gasteiger partial charge in [0.2, 0.25) is 82.7 Å². The smallest absolute Gasteiger partial charge is 0.326 e. The minimum absolute atomic E-state index is 0.0744. The molecular formula is C58H103N17O22. The quantitative estimate of drug-likeness (QED) is 0.0153. The number of aliphatic hydroxyl groups is 6. The lowest BCUT2D eigenvalue weighted by atomic mass is 9.95. The highest BCUT2D eigenvalue weighted by Gasteiger charge is 2.39. The van der Waals surface area contributed by atoms with Crippen molar-refractivity contribution in [3.05, 3.63) is 0 Å². The summed E-state index contributed by atoms with van der Waals surface area (Å²) in [6.07, 6.45) is -2.72. The molecule has 0 aliphatic rings. The molecule has 39 heteroatoms. The average molecular weight is 1390 g/mol. The molecular weight excluding hydrogens is 1290 g/mol. The first kappa shape index (κ1) is 88.1. The van der Waals surface area contributed by atoms with E-state index in [1.807, 2.05) is 10.6 Å². The van der Waals surface area contributed by atoms with Crippen molar-refractivity contribution in [1.29, 1.82) is 0 Å². The summed E-state index contributed by atoms with van der Waals surface area (Å²) in [5.74, 6) is -18.6. The van der Waals surface area contributed by atoms with Crippen LogP contribution in [0, 0.1) is 23.7 Å². The number of aliphatic carboxylic acids is 1. The van der Waals surface area contributed by atoms with Gasteiger partial charge in [-0.3, -0.25) is 72.1 Å². The van der Waals surface area contributed by atoms with Crippen molar-refractivity contribution in [1.82, 2.24) is 74.4 Å². The van der Waals surface area contributed by atoms with E-state index in [1.165, 1.54) is 41.5 Å². The van der Waals surface area contributed by atoms with E-state index in [9.17, 15) is 108 Å². The molecule has 0 unspecified atom stereocenters. The highest BCUT2D eigenvalue weighted by Crippen LogP contribution is 2.14. The maximum Gasteiger partial charge on any atom is 0.326 e. The molecule has 0 heterocycles. The molecule has 0 rings (SSSR count). The number of rotatable bonds is 43. The Hall–Kier alpha value is -8.92. The van der Waals surface area contributed by atoms with Gasteiger partial charge in [-0.2, -0.15) is 0 Å². The second-order valence-electron chi connectivity index (χ2n) is 24.2. The van der Waals surface area contributed by atoms with E-state index in [0.717, 1.165) is 13.8 Å². The number of hydrogen-bond acceptors (Lipinski definition) is 22. The Morgan fingerprint density at radius 3 is 0.959 bits per heavy atom. The Labute approximate surface area is 561 Å². The minimum Gasteiger partial charge on any atom is -0.480 e. The molecule has 552 valence electrons. The fourth-order valence-electron chi connectivity index (χ4n) is 8.65. The average Bonchev–Trinajstić information content (AvgIpc) is 0.935. The van der Waals surface area contributed by atoms with Gasteiger partial charge in [0, 0.05) is 13.5 Å². The zero-order valence-corrected chi connectivity index (χ0v) is 57.1. The van der Waals surface area contributed by atoms with Crippen LogP contribution in [-0.2, 0) is 71.9 Å². The van der Waals surface area contributed by atoms with Crippen molar-refractivity contribution in [2.24, 2.45) is 40.1 Å². The lowest BCUT2D eigenvalue weighted by Gasteiger charge is -2.31. The number of nitrogens with one attached hydrogen (secondary N) is 14. The van der Waals surface area contributed by atoms with Gasteiger partial charge in [0.25, 0.3) is 0 Å². The number of carbonyl (C=O) groups excluding carboxylic acids is 14. The number of amides is 14. The van der Waals surface area contributed by atoms with E-state index in [2.05, 4.69) is 68.8 Å². The third-order valence-electron chi connectivity index (χ3n) is 14.8. The lowest BCUT2D eigenvalue weighted by molar-refractivity contribution is -0.142. The van der Waals surface area contributed by atoms with E-state index in [4.69, 9.17) is 11.5 Å². The van der Waals surface area contributed by atoms with Gasteiger partial charge >= 0.3 is 5.97 Å². The summed E-state index contributed by atoms with van der Waals surface area (Å²) in [6.45, 7) is 15.1. The molecule has 14 amide bonds. The van der Waals surface area contributed by atoms with Gasteiger partial charge < -0.3 is 122 Å². The predicted molar refractivity (Wildman–Crippen MR) is 343 cm³/mol. The van der Waals surface area contributed by atoms with Crippen molar-refractivity contribution >= 4 is 94.6 Å². The number of carbonyl (C=O) groups is 15. The standard InChI is InChI=1S/C58H103N17O22/c1-15-26(8)41(54(93)72-39(24(4)5)52(91)70-34(19-76)47(86)62-27(9)44(83)66-33(57(96)97)17-16-18-61-58(59)60)74-53(92)40(25(6)7)71-46(85)29(11)64-55(94)43(31(13)81)75-50(89)37(22-79)69-49(88)36(21-78)68-48(87)35(20-77)67-45(84)28(10)63-51(90)38(23(2)3)73-56(95)42(30(12)80)65-32(14)82/h23-31,33-43,76-81H,15-22H2,1-14H3,(H,62,86)(H,63,90)(H,64,94)(H,65,82)(H,66,83)(H,67,84)(H,68,87)(H,69,88)(H,70,91)(H,71,85)(H,72,93)(H,73,95)(H,74,92)(H,75,89)(H,96,97)(H4,59,60,61)/t26-,27-,28-,29-,30+,31+,33-,34-,35-,36-,37-,38-,39-,40-,41-,42-,43-/m0/s1. The van der Waals surface area contributed by atoms with Crippen molar-refractivity contribution in [3.8, 4) is 0 Å². The van der Waals surface area contributed by atoms with Gasteiger partial charge in [0.05, 0.1) is 38.6 Å². The minimum atomic E-state index is -1.96. The van der Waals surface area contributed by atoms with Gasteiger partial charge in [-0.25, -0.2) is 4.79 Å². The first-order valence-corrected chi connectivity index (χ1v) is 31.4. The van der Waals surface area contributed by atoms with Gasteiger partial charge in [-0.1, -0.05) is 61.8 Å². The van der Waals surface area contributed by atoms with E-state index in [0.29, 0.717) is 0 Å². The molecule has 0 spiro atoms. The first-order valence-electron chi connectivity index (χ1n) is 31.4. The Morgan fingerprint density at radius 2 is 0.608 bits per heavy atom. The van der Waals surface area contributed by atoms with E-state index in [-0.39, 0.29) is 31.8 Å². The molecule has 0 radical (unpaired) electrons. The summed E-state index contributed by atoms with van der Waals surface area (Å²) in [5, 5.41) is 103.